The molecule has 0 unspecified atom stereocenters. The molecule has 2 amide bonds. The van der Waals surface area contributed by atoms with E-state index in [1.165, 1.54) is 30.5 Å². The van der Waals surface area contributed by atoms with E-state index in [1.54, 1.807) is 43.3 Å². The summed E-state index contributed by atoms with van der Waals surface area (Å²) in [6, 6.07) is 15.9. The molecule has 0 bridgehead atoms. The fraction of sp³-hybridized carbons (Fsp3) is 0.0952. The molecule has 29 heavy (non-hydrogen) atoms. The van der Waals surface area contributed by atoms with Crippen molar-refractivity contribution in [1.82, 2.24) is 0 Å². The molecule has 8 nitrogen and oxygen atoms in total. The van der Waals surface area contributed by atoms with E-state index in [9.17, 15) is 14.4 Å². The molecule has 3 rings (SSSR count). The third-order valence-electron chi connectivity index (χ3n) is 3.73. The van der Waals surface area contributed by atoms with Crippen molar-refractivity contribution >= 4 is 29.3 Å². The number of benzene rings is 2. The fourth-order valence-electron chi connectivity index (χ4n) is 2.36. The van der Waals surface area contributed by atoms with E-state index in [0.29, 0.717) is 16.9 Å². The molecule has 2 N–H and O–H groups in total. The third kappa shape index (κ3) is 5.46. The number of hydrogen-bond acceptors (Lipinski definition) is 6. The van der Waals surface area contributed by atoms with Gasteiger partial charge in [0.2, 0.25) is 0 Å². The lowest BCUT2D eigenvalue weighted by atomic mass is 10.2. The van der Waals surface area contributed by atoms with Gasteiger partial charge in [-0.1, -0.05) is 0 Å². The van der Waals surface area contributed by atoms with Crippen LogP contribution in [0.1, 0.15) is 27.8 Å². The van der Waals surface area contributed by atoms with Crippen LogP contribution in [0.25, 0.3) is 0 Å². The van der Waals surface area contributed by atoms with E-state index < -0.39 is 6.16 Å². The molecule has 0 aliphatic carbocycles. The van der Waals surface area contributed by atoms with Gasteiger partial charge in [-0.15, -0.1) is 0 Å². The van der Waals surface area contributed by atoms with Gasteiger partial charge in [0.1, 0.15) is 5.75 Å². The molecule has 0 fully saturated rings. The quantitative estimate of drug-likeness (QED) is 0.476. The van der Waals surface area contributed by atoms with Gasteiger partial charge in [0.05, 0.1) is 12.9 Å². The minimum atomic E-state index is -0.802. The van der Waals surface area contributed by atoms with Gasteiger partial charge in [0.15, 0.2) is 5.76 Å². The maximum Gasteiger partial charge on any atom is 0.513 e. The number of anilines is 2. The molecule has 0 atom stereocenters. The summed E-state index contributed by atoms with van der Waals surface area (Å²) in [4.78, 5) is 35.6. The Morgan fingerprint density at radius 1 is 0.862 bits per heavy atom. The summed E-state index contributed by atoms with van der Waals surface area (Å²) in [5.74, 6) is -0.216. The van der Waals surface area contributed by atoms with Gasteiger partial charge >= 0.3 is 6.16 Å². The fourth-order valence-corrected chi connectivity index (χ4v) is 2.36. The standard InChI is InChI=1S/C21H18N2O6/c1-2-27-21(26)29-17-11-5-14(6-12-17)19(24)22-15-7-9-16(10-8-15)23-20(25)18-4-3-13-28-18/h3-13H,2H2,1H3,(H,22,24)(H,23,25). The molecule has 1 aromatic heterocycles. The Balaban J connectivity index is 1.56. The van der Waals surface area contributed by atoms with Crippen LogP contribution in [-0.2, 0) is 4.74 Å². The first-order valence-corrected chi connectivity index (χ1v) is 8.76. The molecule has 148 valence electrons. The smallest absolute Gasteiger partial charge is 0.459 e. The van der Waals surface area contributed by atoms with Crippen molar-refractivity contribution < 1.29 is 28.3 Å². The van der Waals surface area contributed by atoms with E-state index in [-0.39, 0.29) is 29.9 Å². The predicted molar refractivity (Wildman–Crippen MR) is 105 cm³/mol. The molecule has 0 radical (unpaired) electrons. The minimum absolute atomic E-state index is 0.206. The van der Waals surface area contributed by atoms with Crippen molar-refractivity contribution in [2.75, 3.05) is 17.2 Å². The van der Waals surface area contributed by atoms with Crippen molar-refractivity contribution in [2.45, 2.75) is 6.92 Å². The van der Waals surface area contributed by atoms with Crippen LogP contribution >= 0.6 is 0 Å². The van der Waals surface area contributed by atoms with Gasteiger partial charge in [-0.3, -0.25) is 9.59 Å². The molecule has 0 spiro atoms. The first-order chi connectivity index (χ1) is 14.0. The van der Waals surface area contributed by atoms with Crippen LogP contribution in [-0.4, -0.2) is 24.6 Å². The van der Waals surface area contributed by atoms with Crippen molar-refractivity contribution in [3.63, 3.8) is 0 Å². The van der Waals surface area contributed by atoms with Gasteiger partial charge in [-0.2, -0.15) is 0 Å². The third-order valence-corrected chi connectivity index (χ3v) is 3.73. The van der Waals surface area contributed by atoms with Gasteiger partial charge < -0.3 is 24.5 Å². The number of carbonyl (C=O) groups is 3. The molecule has 0 aliphatic rings. The highest BCUT2D eigenvalue weighted by Gasteiger charge is 2.10. The maximum absolute atomic E-state index is 12.3. The Morgan fingerprint density at radius 3 is 2.03 bits per heavy atom. The monoisotopic (exact) mass is 394 g/mol. The second kappa shape index (κ2) is 9.23. The van der Waals surface area contributed by atoms with Crippen LogP contribution in [0.15, 0.2) is 71.3 Å². The van der Waals surface area contributed by atoms with Crippen LogP contribution in [0.2, 0.25) is 0 Å². The number of hydrogen-bond donors (Lipinski definition) is 2. The van der Waals surface area contributed by atoms with Crippen LogP contribution < -0.4 is 15.4 Å². The first-order valence-electron chi connectivity index (χ1n) is 8.76. The molecule has 8 heteroatoms. The van der Waals surface area contributed by atoms with Crippen LogP contribution in [0.5, 0.6) is 5.75 Å². The molecular weight excluding hydrogens is 376 g/mol. The van der Waals surface area contributed by atoms with Crippen molar-refractivity contribution in [3.05, 3.63) is 78.3 Å². The molecule has 3 aromatic rings. The largest absolute Gasteiger partial charge is 0.513 e. The number of amides is 2. The Morgan fingerprint density at radius 2 is 1.48 bits per heavy atom. The number of rotatable bonds is 6. The maximum atomic E-state index is 12.3. The summed E-state index contributed by atoms with van der Waals surface area (Å²) in [5, 5.41) is 5.43. The Bertz CT molecular complexity index is 979. The van der Waals surface area contributed by atoms with Crippen molar-refractivity contribution in [2.24, 2.45) is 0 Å². The summed E-state index contributed by atoms with van der Waals surface area (Å²) in [6.07, 6.45) is 0.618. The van der Waals surface area contributed by atoms with Gasteiger partial charge in [0.25, 0.3) is 11.8 Å². The molecule has 0 saturated carbocycles. The molecule has 0 saturated heterocycles. The molecular formula is C21H18N2O6. The molecule has 0 aliphatic heterocycles. The van der Waals surface area contributed by atoms with E-state index in [0.717, 1.165) is 0 Å². The predicted octanol–water partition coefficient (Wildman–Crippen LogP) is 4.32. The minimum Gasteiger partial charge on any atom is -0.459 e. The van der Waals surface area contributed by atoms with Gasteiger partial charge in [-0.05, 0) is 67.6 Å². The van der Waals surface area contributed by atoms with E-state index in [4.69, 9.17) is 9.15 Å². The summed E-state index contributed by atoms with van der Waals surface area (Å²) >= 11 is 0. The summed E-state index contributed by atoms with van der Waals surface area (Å²) in [7, 11) is 0. The first kappa shape index (κ1) is 19.7. The second-order valence-corrected chi connectivity index (χ2v) is 5.77. The molecule has 1 heterocycles. The number of nitrogens with one attached hydrogen (secondary N) is 2. The Labute approximate surface area is 166 Å². The lowest BCUT2D eigenvalue weighted by Crippen LogP contribution is -2.13. The number of ether oxygens (including phenoxy) is 2. The average molecular weight is 394 g/mol. The Kier molecular flexibility index (Phi) is 6.26. The molecule has 2 aromatic carbocycles. The van der Waals surface area contributed by atoms with Crippen LogP contribution in [0.4, 0.5) is 16.2 Å². The summed E-state index contributed by atoms with van der Waals surface area (Å²) in [5.41, 5.74) is 1.50. The van der Waals surface area contributed by atoms with Gasteiger partial charge in [0, 0.05) is 16.9 Å². The SMILES string of the molecule is CCOC(=O)Oc1ccc(C(=O)Nc2ccc(NC(=O)c3ccco3)cc2)cc1. The topological polar surface area (TPSA) is 107 Å². The van der Waals surface area contributed by atoms with Crippen molar-refractivity contribution in [3.8, 4) is 5.75 Å². The van der Waals surface area contributed by atoms with Crippen LogP contribution in [0.3, 0.4) is 0 Å². The Hall–Kier alpha value is -4.07. The lowest BCUT2D eigenvalue weighted by molar-refractivity contribution is 0.0993. The zero-order valence-corrected chi connectivity index (χ0v) is 15.5. The highest BCUT2D eigenvalue weighted by atomic mass is 16.7. The zero-order chi connectivity index (χ0) is 20.6. The van der Waals surface area contributed by atoms with E-state index in [2.05, 4.69) is 15.4 Å². The number of carbonyl (C=O) groups excluding carboxylic acids is 3. The lowest BCUT2D eigenvalue weighted by Gasteiger charge is -2.08. The average Bonchev–Trinajstić information content (AvgIpc) is 3.25. The van der Waals surface area contributed by atoms with E-state index in [1.807, 2.05) is 0 Å². The number of furan rings is 1. The van der Waals surface area contributed by atoms with Gasteiger partial charge in [-0.25, -0.2) is 4.79 Å². The zero-order valence-electron chi connectivity index (χ0n) is 15.5. The highest BCUT2D eigenvalue weighted by Crippen LogP contribution is 2.17. The van der Waals surface area contributed by atoms with E-state index >= 15 is 0 Å². The second-order valence-electron chi connectivity index (χ2n) is 5.77. The summed E-state index contributed by atoms with van der Waals surface area (Å²) < 4.78 is 14.7. The highest BCUT2D eigenvalue weighted by molar-refractivity contribution is 6.05. The van der Waals surface area contributed by atoms with Crippen LogP contribution in [0, 0.1) is 0 Å². The van der Waals surface area contributed by atoms with Crippen molar-refractivity contribution in [1.29, 1.82) is 0 Å². The summed E-state index contributed by atoms with van der Waals surface area (Å²) in [6.45, 7) is 1.89. The normalized spacial score (nSPS) is 10.1.